The second kappa shape index (κ2) is 10.3. The summed E-state index contributed by atoms with van der Waals surface area (Å²) in [6, 6.07) is 11.7. The zero-order valence-corrected chi connectivity index (χ0v) is 23.4. The first-order valence-electron chi connectivity index (χ1n) is 14.0. The van der Waals surface area contributed by atoms with Gasteiger partial charge in [-0.05, 0) is 113 Å². The van der Waals surface area contributed by atoms with Gasteiger partial charge in [-0.25, -0.2) is 9.59 Å². The van der Waals surface area contributed by atoms with Crippen molar-refractivity contribution in [2.24, 2.45) is 0 Å². The molecule has 204 valence electrons. The second-order valence-electron chi connectivity index (χ2n) is 12.1. The van der Waals surface area contributed by atoms with Gasteiger partial charge in [0.15, 0.2) is 0 Å². The molecule has 3 aliphatic rings. The van der Waals surface area contributed by atoms with E-state index in [4.69, 9.17) is 9.47 Å². The smallest absolute Gasteiger partial charge is 0.338 e. The highest BCUT2D eigenvalue weighted by molar-refractivity contribution is 5.96. The third-order valence-corrected chi connectivity index (χ3v) is 7.85. The molecule has 0 aromatic heterocycles. The largest absolute Gasteiger partial charge is 0.494 e. The number of likely N-dealkylation sites (tertiary alicyclic amines) is 1. The SMILES string of the molecule is CCOc1cc(CN2CCC3(CC2)CN(c2ccc(C(=O)OC(C)(C)C)cc2)C(=O)N3)c(C2CC2)cc1C. The zero-order chi connectivity index (χ0) is 27.1. The number of piperidine rings is 1. The van der Waals surface area contributed by atoms with Gasteiger partial charge in [-0.15, -0.1) is 0 Å². The maximum Gasteiger partial charge on any atom is 0.338 e. The molecule has 1 aliphatic carbocycles. The van der Waals surface area contributed by atoms with Crippen LogP contribution in [0.15, 0.2) is 36.4 Å². The number of amides is 2. The predicted molar refractivity (Wildman–Crippen MR) is 149 cm³/mol. The molecular formula is C31H41N3O4. The number of benzene rings is 2. The van der Waals surface area contributed by atoms with E-state index >= 15 is 0 Å². The first-order valence-corrected chi connectivity index (χ1v) is 14.0. The van der Waals surface area contributed by atoms with Crippen molar-refractivity contribution >= 4 is 17.7 Å². The van der Waals surface area contributed by atoms with E-state index in [0.717, 1.165) is 43.9 Å². The Morgan fingerprint density at radius 1 is 1.11 bits per heavy atom. The van der Waals surface area contributed by atoms with Crippen molar-refractivity contribution in [2.75, 3.05) is 31.1 Å². The molecule has 3 fully saturated rings. The molecule has 2 heterocycles. The highest BCUT2D eigenvalue weighted by Crippen LogP contribution is 2.44. The number of rotatable bonds is 7. The first kappa shape index (κ1) is 26.5. The summed E-state index contributed by atoms with van der Waals surface area (Å²) in [5.74, 6) is 1.34. The molecule has 0 radical (unpaired) electrons. The number of nitrogens with one attached hydrogen (secondary N) is 1. The standard InChI is InChI=1S/C31H41N3O4/c1-6-37-27-18-24(26(17-21(27)2)22-7-8-22)19-33-15-13-31(14-16-33)20-34(29(36)32-31)25-11-9-23(10-12-25)28(35)38-30(3,4)5/h9-12,17-18,22H,6-8,13-16,19-20H2,1-5H3,(H,32,36). The molecule has 2 aromatic carbocycles. The molecule has 0 bridgehead atoms. The van der Waals surface area contributed by atoms with Gasteiger partial charge >= 0.3 is 12.0 Å². The van der Waals surface area contributed by atoms with Gasteiger partial charge in [0.2, 0.25) is 0 Å². The van der Waals surface area contributed by atoms with Crippen LogP contribution in [0.1, 0.15) is 86.3 Å². The van der Waals surface area contributed by atoms with Crippen LogP contribution in [0.2, 0.25) is 0 Å². The molecule has 1 spiro atoms. The average Bonchev–Trinajstić information content (AvgIpc) is 3.65. The van der Waals surface area contributed by atoms with Crippen LogP contribution in [0.3, 0.4) is 0 Å². The lowest BCUT2D eigenvalue weighted by molar-refractivity contribution is 0.00695. The van der Waals surface area contributed by atoms with Crippen LogP contribution in [0.25, 0.3) is 0 Å². The maximum absolute atomic E-state index is 13.0. The molecular weight excluding hydrogens is 478 g/mol. The Hall–Kier alpha value is -3.06. The van der Waals surface area contributed by atoms with Crippen molar-refractivity contribution < 1.29 is 19.1 Å². The summed E-state index contributed by atoms with van der Waals surface area (Å²) in [4.78, 5) is 29.7. The van der Waals surface area contributed by atoms with E-state index in [1.54, 1.807) is 17.0 Å². The van der Waals surface area contributed by atoms with Crippen molar-refractivity contribution in [2.45, 2.75) is 83.9 Å². The fourth-order valence-corrected chi connectivity index (χ4v) is 5.67. The van der Waals surface area contributed by atoms with Crippen LogP contribution in [-0.2, 0) is 11.3 Å². The van der Waals surface area contributed by atoms with Crippen molar-refractivity contribution in [3.63, 3.8) is 0 Å². The Kier molecular flexibility index (Phi) is 7.16. The quantitative estimate of drug-likeness (QED) is 0.469. The van der Waals surface area contributed by atoms with E-state index < -0.39 is 5.60 Å². The average molecular weight is 520 g/mol. The normalized spacial score (nSPS) is 19.5. The Morgan fingerprint density at radius 3 is 2.39 bits per heavy atom. The summed E-state index contributed by atoms with van der Waals surface area (Å²) in [6.07, 6.45) is 4.39. The van der Waals surface area contributed by atoms with E-state index in [2.05, 4.69) is 29.3 Å². The van der Waals surface area contributed by atoms with E-state index in [1.165, 1.54) is 29.5 Å². The number of urea groups is 1. The lowest BCUT2D eigenvalue weighted by atomic mass is 9.87. The van der Waals surface area contributed by atoms with Crippen LogP contribution < -0.4 is 15.0 Å². The molecule has 0 unspecified atom stereocenters. The molecule has 2 saturated heterocycles. The van der Waals surface area contributed by atoms with Gasteiger partial charge in [0.25, 0.3) is 0 Å². The molecule has 7 heteroatoms. The third-order valence-electron chi connectivity index (χ3n) is 7.85. The Morgan fingerprint density at radius 2 is 1.79 bits per heavy atom. The van der Waals surface area contributed by atoms with E-state index in [-0.39, 0.29) is 17.5 Å². The highest BCUT2D eigenvalue weighted by atomic mass is 16.6. The topological polar surface area (TPSA) is 71.1 Å². The van der Waals surface area contributed by atoms with E-state index in [1.807, 2.05) is 39.8 Å². The predicted octanol–water partition coefficient (Wildman–Crippen LogP) is 5.79. The van der Waals surface area contributed by atoms with Gasteiger partial charge < -0.3 is 14.8 Å². The Bertz CT molecular complexity index is 1190. The van der Waals surface area contributed by atoms with Crippen LogP contribution >= 0.6 is 0 Å². The van der Waals surface area contributed by atoms with Crippen LogP contribution in [0.4, 0.5) is 10.5 Å². The van der Waals surface area contributed by atoms with Crippen LogP contribution in [-0.4, -0.2) is 54.3 Å². The molecule has 1 saturated carbocycles. The number of anilines is 1. The summed E-state index contributed by atoms with van der Waals surface area (Å²) < 4.78 is 11.4. The second-order valence-corrected chi connectivity index (χ2v) is 12.1. The molecule has 2 aromatic rings. The van der Waals surface area contributed by atoms with Gasteiger partial charge in [-0.3, -0.25) is 9.80 Å². The molecule has 1 N–H and O–H groups in total. The zero-order valence-electron chi connectivity index (χ0n) is 23.4. The molecule has 0 atom stereocenters. The van der Waals surface area contributed by atoms with Gasteiger partial charge in [0, 0.05) is 25.3 Å². The summed E-state index contributed by atoms with van der Waals surface area (Å²) >= 11 is 0. The van der Waals surface area contributed by atoms with Crippen LogP contribution in [0.5, 0.6) is 5.75 Å². The van der Waals surface area contributed by atoms with Gasteiger partial charge in [0.1, 0.15) is 11.4 Å². The fraction of sp³-hybridized carbons (Fsp3) is 0.548. The van der Waals surface area contributed by atoms with Gasteiger partial charge in [-0.1, -0.05) is 6.07 Å². The van der Waals surface area contributed by atoms with E-state index in [0.29, 0.717) is 24.6 Å². The monoisotopic (exact) mass is 519 g/mol. The van der Waals surface area contributed by atoms with Gasteiger partial charge in [-0.2, -0.15) is 0 Å². The molecule has 2 amide bonds. The minimum absolute atomic E-state index is 0.0700. The van der Waals surface area contributed by atoms with Crippen LogP contribution in [0, 0.1) is 6.92 Å². The third kappa shape index (κ3) is 5.83. The van der Waals surface area contributed by atoms with Gasteiger partial charge in [0.05, 0.1) is 24.3 Å². The number of hydrogen-bond acceptors (Lipinski definition) is 5. The number of nitrogens with zero attached hydrogens (tertiary/aromatic N) is 2. The Balaban J connectivity index is 1.22. The highest BCUT2D eigenvalue weighted by Gasteiger charge is 2.45. The lowest BCUT2D eigenvalue weighted by Crippen LogP contribution is -2.52. The minimum Gasteiger partial charge on any atom is -0.494 e. The summed E-state index contributed by atoms with van der Waals surface area (Å²) in [5, 5.41) is 3.29. The number of carbonyl (C=O) groups excluding carboxylic acids is 2. The Labute approximate surface area is 226 Å². The summed E-state index contributed by atoms with van der Waals surface area (Å²) in [5.41, 5.74) is 4.62. The summed E-state index contributed by atoms with van der Waals surface area (Å²) in [7, 11) is 0. The molecule has 5 rings (SSSR count). The number of ether oxygens (including phenoxy) is 2. The van der Waals surface area contributed by atoms with Crippen molar-refractivity contribution in [1.29, 1.82) is 0 Å². The van der Waals surface area contributed by atoms with Crippen molar-refractivity contribution in [3.05, 3.63) is 58.7 Å². The van der Waals surface area contributed by atoms with Crippen molar-refractivity contribution in [1.82, 2.24) is 10.2 Å². The molecule has 2 aliphatic heterocycles. The lowest BCUT2D eigenvalue weighted by Gasteiger charge is -2.39. The number of carbonyl (C=O) groups is 2. The molecule has 38 heavy (non-hydrogen) atoms. The minimum atomic E-state index is -0.545. The fourth-order valence-electron chi connectivity index (χ4n) is 5.67. The summed E-state index contributed by atoms with van der Waals surface area (Å²) in [6.45, 7) is 13.8. The number of hydrogen-bond donors (Lipinski definition) is 1. The molecule has 7 nitrogen and oxygen atoms in total. The maximum atomic E-state index is 13.0. The first-order chi connectivity index (χ1) is 18.1. The number of aryl methyl sites for hydroxylation is 1. The number of esters is 1. The van der Waals surface area contributed by atoms with E-state index in [9.17, 15) is 9.59 Å². The van der Waals surface area contributed by atoms with Crippen molar-refractivity contribution in [3.8, 4) is 5.75 Å².